The molecule has 3 atom stereocenters. The molecule has 252 valence electrons. The number of rotatable bonds is 7. The highest BCUT2D eigenvalue weighted by Crippen LogP contribution is 2.34. The van der Waals surface area contributed by atoms with Crippen LogP contribution < -0.4 is 16.2 Å². The fraction of sp³-hybridized carbons (Fsp3) is 0.486. The number of hydrogen-bond donors (Lipinski definition) is 2. The Kier molecular flexibility index (Phi) is 8.91. The van der Waals surface area contributed by atoms with Gasteiger partial charge in [0.05, 0.1) is 11.9 Å². The summed E-state index contributed by atoms with van der Waals surface area (Å²) in [7, 11) is 3.84. The largest absolute Gasteiger partial charge is 0.379 e. The first-order valence-corrected chi connectivity index (χ1v) is 17.2. The summed E-state index contributed by atoms with van der Waals surface area (Å²) in [4.78, 5) is 56.0. The SMILES string of the molecule is Cc1c(N[C@@H]2C[C@H](c3ccc(CN4CCC(c5ccc6c(c5)CN(C5CCC(=O)NC5=O)C6=O)CC4)cc3)CN(C)C2)cnn(C)c1=O. The molecule has 3 saturated heterocycles. The second-order valence-electron chi connectivity index (χ2n) is 14.2. The summed E-state index contributed by atoms with van der Waals surface area (Å²) in [5.74, 6) is 0.0895. The summed E-state index contributed by atoms with van der Waals surface area (Å²) in [6, 6.07) is 15.0. The zero-order valence-corrected chi connectivity index (χ0v) is 28.1. The van der Waals surface area contributed by atoms with Gasteiger partial charge in [-0.05, 0) is 92.9 Å². The van der Waals surface area contributed by atoms with E-state index in [4.69, 9.17) is 0 Å². The predicted octanol–water partition coefficient (Wildman–Crippen LogP) is 3.13. The first-order chi connectivity index (χ1) is 23.1. The van der Waals surface area contributed by atoms with Crippen LogP contribution in [0.3, 0.4) is 0 Å². The molecule has 0 bridgehead atoms. The minimum Gasteiger partial charge on any atom is -0.379 e. The molecule has 4 aliphatic heterocycles. The number of nitrogens with zero attached hydrogens (tertiary/aromatic N) is 5. The van der Waals surface area contributed by atoms with Crippen molar-refractivity contribution in [3.8, 4) is 0 Å². The molecule has 0 saturated carbocycles. The molecule has 0 spiro atoms. The van der Waals surface area contributed by atoms with Gasteiger partial charge in [0.2, 0.25) is 11.8 Å². The Bertz CT molecular complexity index is 1780. The maximum Gasteiger partial charge on any atom is 0.271 e. The van der Waals surface area contributed by atoms with Crippen LogP contribution in [0.4, 0.5) is 5.69 Å². The number of nitrogens with one attached hydrogen (secondary N) is 2. The van der Waals surface area contributed by atoms with E-state index in [0.29, 0.717) is 35.9 Å². The number of aromatic nitrogens is 2. The standard InChI is InChI=1S/C37H45N7O4/c1-23-32(18-38-42(3)36(23)47)39-30-17-28(20-41(2)22-30)25-6-4-24(5-7-25)19-43-14-12-26(13-15-43)27-8-9-31-29(16-27)21-44(37(31)48)33-10-11-34(45)40-35(33)46/h4-9,16,18,26,28,30,33,39H,10-15,17,19-22H2,1-3H3,(H,40,45,46)/t28-,30+,33?/m0/s1. The summed E-state index contributed by atoms with van der Waals surface area (Å²) in [5.41, 5.74) is 7.04. The third-order valence-electron chi connectivity index (χ3n) is 10.8. The summed E-state index contributed by atoms with van der Waals surface area (Å²) in [6.07, 6.45) is 5.52. The molecule has 5 heterocycles. The molecule has 3 fully saturated rings. The van der Waals surface area contributed by atoms with Crippen molar-refractivity contribution in [2.24, 2.45) is 7.05 Å². The quantitative estimate of drug-likeness (QED) is 0.374. The number of likely N-dealkylation sites (tertiary alicyclic amines) is 2. The van der Waals surface area contributed by atoms with E-state index in [0.717, 1.165) is 63.2 Å². The van der Waals surface area contributed by atoms with E-state index in [9.17, 15) is 19.2 Å². The van der Waals surface area contributed by atoms with Crippen molar-refractivity contribution in [1.82, 2.24) is 29.8 Å². The highest BCUT2D eigenvalue weighted by Gasteiger charge is 2.39. The van der Waals surface area contributed by atoms with Crippen LogP contribution >= 0.6 is 0 Å². The number of aryl methyl sites for hydroxylation is 1. The van der Waals surface area contributed by atoms with E-state index in [1.54, 1.807) is 18.1 Å². The molecular formula is C37H45N7O4. The topological polar surface area (TPSA) is 120 Å². The van der Waals surface area contributed by atoms with Crippen LogP contribution in [0.5, 0.6) is 0 Å². The third kappa shape index (κ3) is 6.53. The molecule has 2 aromatic carbocycles. The van der Waals surface area contributed by atoms with Gasteiger partial charge in [0.15, 0.2) is 0 Å². The molecule has 3 aromatic rings. The van der Waals surface area contributed by atoms with Gasteiger partial charge >= 0.3 is 0 Å². The van der Waals surface area contributed by atoms with Crippen molar-refractivity contribution >= 4 is 23.4 Å². The highest BCUT2D eigenvalue weighted by atomic mass is 16.2. The van der Waals surface area contributed by atoms with E-state index in [1.165, 1.54) is 21.4 Å². The molecule has 4 aliphatic rings. The van der Waals surface area contributed by atoms with Gasteiger partial charge in [-0.2, -0.15) is 5.10 Å². The fourth-order valence-corrected chi connectivity index (χ4v) is 8.11. The van der Waals surface area contributed by atoms with Crippen molar-refractivity contribution in [3.05, 3.63) is 92.4 Å². The number of fused-ring (bicyclic) bond motifs is 1. The summed E-state index contributed by atoms with van der Waals surface area (Å²) in [5, 5.41) is 10.2. The Morgan fingerprint density at radius 1 is 0.917 bits per heavy atom. The van der Waals surface area contributed by atoms with Gasteiger partial charge in [-0.15, -0.1) is 0 Å². The molecule has 2 N–H and O–H groups in total. The smallest absolute Gasteiger partial charge is 0.271 e. The molecule has 48 heavy (non-hydrogen) atoms. The minimum absolute atomic E-state index is 0.0680. The number of likely N-dealkylation sites (N-methyl/N-ethyl adjacent to an activating group) is 1. The van der Waals surface area contributed by atoms with Gasteiger partial charge < -0.3 is 15.1 Å². The van der Waals surface area contributed by atoms with E-state index in [2.05, 4.69) is 69.0 Å². The second kappa shape index (κ2) is 13.3. The Morgan fingerprint density at radius 3 is 2.42 bits per heavy atom. The normalized spacial score (nSPS) is 24.1. The number of piperidine rings is 3. The first-order valence-electron chi connectivity index (χ1n) is 17.2. The lowest BCUT2D eigenvalue weighted by molar-refractivity contribution is -0.136. The highest BCUT2D eigenvalue weighted by molar-refractivity contribution is 6.05. The van der Waals surface area contributed by atoms with Gasteiger partial charge in [0.25, 0.3) is 11.5 Å². The number of carbonyl (C=O) groups excluding carboxylic acids is 3. The predicted molar refractivity (Wildman–Crippen MR) is 183 cm³/mol. The number of amides is 3. The van der Waals surface area contributed by atoms with Crippen LogP contribution in [0.15, 0.2) is 53.5 Å². The van der Waals surface area contributed by atoms with Crippen LogP contribution in [0.25, 0.3) is 0 Å². The van der Waals surface area contributed by atoms with Gasteiger partial charge in [-0.25, -0.2) is 4.68 Å². The average molecular weight is 652 g/mol. The van der Waals surface area contributed by atoms with E-state index >= 15 is 0 Å². The molecule has 1 aromatic heterocycles. The van der Waals surface area contributed by atoms with Crippen LogP contribution in [0, 0.1) is 6.92 Å². The maximum atomic E-state index is 13.1. The van der Waals surface area contributed by atoms with Crippen molar-refractivity contribution in [2.75, 3.05) is 38.5 Å². The first kappa shape index (κ1) is 32.2. The van der Waals surface area contributed by atoms with Gasteiger partial charge in [0.1, 0.15) is 6.04 Å². The molecule has 11 nitrogen and oxygen atoms in total. The van der Waals surface area contributed by atoms with Crippen molar-refractivity contribution < 1.29 is 14.4 Å². The Morgan fingerprint density at radius 2 is 1.67 bits per heavy atom. The maximum absolute atomic E-state index is 13.1. The Balaban J connectivity index is 0.921. The molecular weight excluding hydrogens is 606 g/mol. The number of anilines is 1. The van der Waals surface area contributed by atoms with E-state index < -0.39 is 6.04 Å². The molecule has 1 unspecified atom stereocenters. The average Bonchev–Trinajstić information content (AvgIpc) is 3.40. The molecule has 0 aliphatic carbocycles. The lowest BCUT2D eigenvalue weighted by Crippen LogP contribution is -2.52. The summed E-state index contributed by atoms with van der Waals surface area (Å²) < 4.78 is 1.37. The lowest BCUT2D eigenvalue weighted by Gasteiger charge is -2.37. The van der Waals surface area contributed by atoms with Crippen molar-refractivity contribution in [3.63, 3.8) is 0 Å². The van der Waals surface area contributed by atoms with E-state index in [-0.39, 0.29) is 35.7 Å². The molecule has 7 rings (SSSR count). The summed E-state index contributed by atoms with van der Waals surface area (Å²) in [6.45, 7) is 7.16. The van der Waals surface area contributed by atoms with Crippen LogP contribution in [-0.2, 0) is 29.7 Å². The number of imide groups is 1. The van der Waals surface area contributed by atoms with Crippen molar-refractivity contribution in [2.45, 2.75) is 76.0 Å². The second-order valence-corrected chi connectivity index (χ2v) is 14.2. The zero-order chi connectivity index (χ0) is 33.5. The van der Waals surface area contributed by atoms with Crippen LogP contribution in [0.1, 0.15) is 82.1 Å². The fourth-order valence-electron chi connectivity index (χ4n) is 8.11. The number of carbonyl (C=O) groups is 3. The Labute approximate surface area is 281 Å². The van der Waals surface area contributed by atoms with Crippen molar-refractivity contribution in [1.29, 1.82) is 0 Å². The lowest BCUT2D eigenvalue weighted by atomic mass is 9.87. The zero-order valence-electron chi connectivity index (χ0n) is 28.1. The molecule has 3 amide bonds. The van der Waals surface area contributed by atoms with Gasteiger partial charge in [-0.1, -0.05) is 36.4 Å². The number of benzene rings is 2. The van der Waals surface area contributed by atoms with Gasteiger partial charge in [0, 0.05) is 56.8 Å². The Hall–Kier alpha value is -4.35. The van der Waals surface area contributed by atoms with Crippen LogP contribution in [-0.4, -0.2) is 87.5 Å². The van der Waals surface area contributed by atoms with Crippen LogP contribution in [0.2, 0.25) is 0 Å². The monoisotopic (exact) mass is 651 g/mol. The minimum atomic E-state index is -0.582. The number of hydrogen-bond acceptors (Lipinski definition) is 8. The third-order valence-corrected chi connectivity index (χ3v) is 10.8. The summed E-state index contributed by atoms with van der Waals surface area (Å²) >= 11 is 0. The molecule has 0 radical (unpaired) electrons. The molecule has 11 heteroatoms. The van der Waals surface area contributed by atoms with Gasteiger partial charge in [-0.3, -0.25) is 29.4 Å². The van der Waals surface area contributed by atoms with E-state index in [1.807, 2.05) is 13.0 Å².